The fraction of sp³-hybridized carbons (Fsp3) is 0.213. The van der Waals surface area contributed by atoms with Gasteiger partial charge in [-0.1, -0.05) is 135 Å². The third-order valence-electron chi connectivity index (χ3n) is 17.0. The van der Waals surface area contributed by atoms with Crippen molar-refractivity contribution in [3.05, 3.63) is 180 Å². The first-order chi connectivity index (χ1) is 30.9. The van der Waals surface area contributed by atoms with E-state index in [0.717, 1.165) is 78.0 Å². The molecule has 4 fully saturated rings. The van der Waals surface area contributed by atoms with Crippen LogP contribution in [-0.2, 0) is 10.8 Å². The highest BCUT2D eigenvalue weighted by Gasteiger charge is 2.62. The fourth-order valence-corrected chi connectivity index (χ4v) is 14.7. The van der Waals surface area contributed by atoms with Crippen LogP contribution >= 0.6 is 0 Å². The minimum Gasteiger partial charge on any atom is -0.455 e. The molecule has 8 aromatic carbocycles. The molecule has 0 saturated heterocycles. The molecule has 4 saturated carbocycles. The largest absolute Gasteiger partial charge is 0.455 e. The maximum Gasteiger partial charge on any atom is 0.143 e. The van der Waals surface area contributed by atoms with Crippen LogP contribution in [0, 0.1) is 23.7 Å². The summed E-state index contributed by atoms with van der Waals surface area (Å²) in [5.74, 6) is 2.99. The van der Waals surface area contributed by atoms with E-state index in [4.69, 9.17) is 8.83 Å². The van der Waals surface area contributed by atoms with E-state index in [0.29, 0.717) is 11.8 Å². The van der Waals surface area contributed by atoms with E-state index in [2.05, 4.69) is 172 Å². The smallest absolute Gasteiger partial charge is 0.143 e. The molecule has 0 unspecified atom stereocenters. The number of rotatable bonds is 3. The summed E-state index contributed by atoms with van der Waals surface area (Å²) in [6.45, 7) is 4.92. The normalized spacial score (nSPS) is 23.3. The van der Waals surface area contributed by atoms with Crippen molar-refractivity contribution in [1.82, 2.24) is 0 Å². The van der Waals surface area contributed by atoms with Gasteiger partial charge >= 0.3 is 0 Å². The second-order valence-corrected chi connectivity index (χ2v) is 20.4. The average molecular weight is 811 g/mol. The van der Waals surface area contributed by atoms with E-state index in [1.165, 1.54) is 76.6 Å². The van der Waals surface area contributed by atoms with Gasteiger partial charge in [-0.15, -0.1) is 0 Å². The third-order valence-corrected chi connectivity index (χ3v) is 17.0. The molecule has 2 aromatic heterocycles. The van der Waals surface area contributed by atoms with Gasteiger partial charge in [0.1, 0.15) is 22.3 Å². The molecule has 6 aliphatic carbocycles. The lowest BCUT2D eigenvalue weighted by Gasteiger charge is -2.61. The van der Waals surface area contributed by atoms with E-state index in [1.807, 2.05) is 0 Å². The van der Waals surface area contributed by atoms with Crippen LogP contribution in [0.25, 0.3) is 99.5 Å². The summed E-state index contributed by atoms with van der Waals surface area (Å²) in [6, 6.07) is 59.4. The highest BCUT2D eigenvalue weighted by atomic mass is 16.3. The maximum absolute atomic E-state index is 6.77. The third kappa shape index (κ3) is 4.44. The number of furan rings is 2. The predicted octanol–water partition coefficient (Wildman–Crippen LogP) is 16.5. The zero-order valence-electron chi connectivity index (χ0n) is 35.7. The van der Waals surface area contributed by atoms with Crippen molar-refractivity contribution >= 4 is 43.9 Å². The topological polar surface area (TPSA) is 26.3 Å². The van der Waals surface area contributed by atoms with Gasteiger partial charge in [-0.05, 0) is 159 Å². The van der Waals surface area contributed by atoms with Crippen molar-refractivity contribution in [1.29, 1.82) is 0 Å². The Hall–Kier alpha value is -6.64. The van der Waals surface area contributed by atoms with Crippen LogP contribution < -0.4 is 0 Å². The molecule has 302 valence electrons. The summed E-state index contributed by atoms with van der Waals surface area (Å²) in [6.07, 6.45) is 6.80. The lowest BCUT2D eigenvalue weighted by molar-refractivity contribution is -0.0397. The molecule has 0 N–H and O–H groups in total. The molecule has 1 spiro atoms. The van der Waals surface area contributed by atoms with Crippen LogP contribution in [0.2, 0.25) is 0 Å². The predicted molar refractivity (Wildman–Crippen MR) is 258 cm³/mol. The van der Waals surface area contributed by atoms with Crippen LogP contribution in [0.1, 0.15) is 68.2 Å². The van der Waals surface area contributed by atoms with Crippen molar-refractivity contribution < 1.29 is 8.83 Å². The van der Waals surface area contributed by atoms with Gasteiger partial charge in [0.15, 0.2) is 0 Å². The van der Waals surface area contributed by atoms with Crippen LogP contribution in [-0.4, -0.2) is 0 Å². The average Bonchev–Trinajstić information content (AvgIpc) is 4.03. The summed E-state index contributed by atoms with van der Waals surface area (Å²) >= 11 is 0. The first kappa shape index (κ1) is 34.9. The van der Waals surface area contributed by atoms with Crippen LogP contribution in [0.15, 0.2) is 167 Å². The minimum absolute atomic E-state index is 0.0256. The molecule has 2 heterocycles. The zero-order chi connectivity index (χ0) is 41.3. The second-order valence-electron chi connectivity index (χ2n) is 20.4. The molecular formula is C61H46O2. The maximum atomic E-state index is 6.77. The summed E-state index contributed by atoms with van der Waals surface area (Å²) in [5, 5.41) is 4.60. The minimum atomic E-state index is -0.0513. The van der Waals surface area contributed by atoms with Gasteiger partial charge in [0.25, 0.3) is 0 Å². The standard InChI is InChI=1S/C61H46O2/c1-60(2)52-21-6-3-12-44(52)50-32-51-47-18-9-15-41(57(47)61(54(51)33-53(50)60)39-25-34-24-35(27-39)28-40(61)26-34)36-29-37(42-16-10-19-48-45-13-4-7-22-55(45)62-58(42)48)31-38(30-36)43-17-11-20-49-46-14-5-8-23-56(46)63-59(43)49/h3-23,29-35,39-40H,24-28H2,1-2H3. The summed E-state index contributed by atoms with van der Waals surface area (Å²) in [4.78, 5) is 0. The van der Waals surface area contributed by atoms with Crippen LogP contribution in [0.3, 0.4) is 0 Å². The van der Waals surface area contributed by atoms with E-state index >= 15 is 0 Å². The Balaban J connectivity index is 1.03. The van der Waals surface area contributed by atoms with Gasteiger partial charge in [-0.25, -0.2) is 0 Å². The molecule has 63 heavy (non-hydrogen) atoms. The van der Waals surface area contributed by atoms with Gasteiger partial charge in [-0.3, -0.25) is 0 Å². The first-order valence-electron chi connectivity index (χ1n) is 23.3. The van der Waals surface area contributed by atoms with Gasteiger partial charge in [0.2, 0.25) is 0 Å². The Morgan fingerprint density at radius 1 is 0.381 bits per heavy atom. The Morgan fingerprint density at radius 3 is 1.49 bits per heavy atom. The van der Waals surface area contributed by atoms with Gasteiger partial charge in [-0.2, -0.15) is 0 Å². The summed E-state index contributed by atoms with van der Waals surface area (Å²) in [5.41, 5.74) is 22.7. The number of para-hydroxylation sites is 4. The SMILES string of the molecule is CC1(C)c2ccccc2-c2cc3c(cc21)C1(c2c(-c4cc(-c5cccc6c5oc5ccccc56)cc(-c5cccc6c5oc5ccccc56)c4)cccc2-3)C2CC3CC(C2)CC1C3. The van der Waals surface area contributed by atoms with E-state index in [1.54, 1.807) is 11.1 Å². The number of hydrogen-bond donors (Lipinski definition) is 0. The van der Waals surface area contributed by atoms with E-state index in [9.17, 15) is 0 Å². The van der Waals surface area contributed by atoms with Crippen LogP contribution in [0.4, 0.5) is 0 Å². The summed E-state index contributed by atoms with van der Waals surface area (Å²) in [7, 11) is 0. The number of benzene rings is 8. The lowest BCUT2D eigenvalue weighted by Crippen LogP contribution is -2.55. The second kappa shape index (κ2) is 12.1. The highest BCUT2D eigenvalue weighted by molar-refractivity contribution is 6.12. The zero-order valence-corrected chi connectivity index (χ0v) is 35.7. The van der Waals surface area contributed by atoms with E-state index in [-0.39, 0.29) is 10.8 Å². The molecule has 4 bridgehead atoms. The van der Waals surface area contributed by atoms with Crippen molar-refractivity contribution in [3.8, 4) is 55.6 Å². The Morgan fingerprint density at radius 2 is 0.857 bits per heavy atom. The Kier molecular flexibility index (Phi) is 6.69. The molecule has 2 heteroatoms. The number of hydrogen-bond acceptors (Lipinski definition) is 2. The van der Waals surface area contributed by atoms with Crippen molar-refractivity contribution in [2.75, 3.05) is 0 Å². The molecule has 6 aliphatic rings. The summed E-state index contributed by atoms with van der Waals surface area (Å²) < 4.78 is 13.5. The Labute approximate surface area is 367 Å². The molecule has 0 aliphatic heterocycles. The van der Waals surface area contributed by atoms with Crippen molar-refractivity contribution in [2.45, 2.75) is 56.8 Å². The highest BCUT2D eigenvalue weighted by Crippen LogP contribution is 2.71. The molecule has 2 nitrogen and oxygen atoms in total. The molecule has 0 atom stereocenters. The van der Waals surface area contributed by atoms with Gasteiger partial charge in [0, 0.05) is 43.5 Å². The van der Waals surface area contributed by atoms with Gasteiger partial charge in [0.05, 0.1) is 0 Å². The molecule has 16 rings (SSSR count). The quantitative estimate of drug-likeness (QED) is 0.178. The number of fused-ring (bicyclic) bond motifs is 12. The van der Waals surface area contributed by atoms with Crippen molar-refractivity contribution in [2.24, 2.45) is 23.7 Å². The monoisotopic (exact) mass is 810 g/mol. The van der Waals surface area contributed by atoms with Crippen LogP contribution in [0.5, 0.6) is 0 Å². The first-order valence-corrected chi connectivity index (χ1v) is 23.3. The van der Waals surface area contributed by atoms with E-state index < -0.39 is 0 Å². The molecule has 10 aromatic rings. The molecular weight excluding hydrogens is 765 g/mol. The fourth-order valence-electron chi connectivity index (χ4n) is 14.7. The van der Waals surface area contributed by atoms with Gasteiger partial charge < -0.3 is 8.83 Å². The Bertz CT molecular complexity index is 3470. The molecule has 0 amide bonds. The lowest BCUT2D eigenvalue weighted by atomic mass is 9.42. The van der Waals surface area contributed by atoms with Crippen molar-refractivity contribution in [3.63, 3.8) is 0 Å². The molecule has 0 radical (unpaired) electrons.